The molecule has 0 radical (unpaired) electrons. The van der Waals surface area contributed by atoms with Crippen LogP contribution in [0.15, 0.2) is 17.7 Å². The SMILES string of the molecule is CC1=Cc2nc(C)ccc2OC1. The molecule has 0 unspecified atom stereocenters. The van der Waals surface area contributed by atoms with Crippen LogP contribution in [-0.2, 0) is 0 Å². The van der Waals surface area contributed by atoms with Crippen molar-refractivity contribution in [2.45, 2.75) is 13.8 Å². The summed E-state index contributed by atoms with van der Waals surface area (Å²) < 4.78 is 5.46. The molecule has 0 aliphatic carbocycles. The minimum Gasteiger partial charge on any atom is -0.487 e. The van der Waals surface area contributed by atoms with Crippen LogP contribution in [0.4, 0.5) is 0 Å². The largest absolute Gasteiger partial charge is 0.487 e. The molecule has 1 aromatic heterocycles. The van der Waals surface area contributed by atoms with Gasteiger partial charge in [0.15, 0.2) is 0 Å². The summed E-state index contributed by atoms with van der Waals surface area (Å²) in [4.78, 5) is 4.36. The van der Waals surface area contributed by atoms with Crippen LogP contribution in [0.2, 0.25) is 0 Å². The molecule has 2 heteroatoms. The number of hydrogen-bond donors (Lipinski definition) is 0. The van der Waals surface area contributed by atoms with E-state index in [1.54, 1.807) is 0 Å². The van der Waals surface area contributed by atoms with E-state index in [0.29, 0.717) is 6.61 Å². The lowest BCUT2D eigenvalue weighted by Gasteiger charge is -2.14. The molecule has 0 aromatic carbocycles. The molecular weight excluding hydrogens is 150 g/mol. The van der Waals surface area contributed by atoms with Crippen LogP contribution in [0.5, 0.6) is 5.75 Å². The second-order valence-electron chi connectivity index (χ2n) is 3.12. The fourth-order valence-corrected chi connectivity index (χ4v) is 1.26. The van der Waals surface area contributed by atoms with E-state index < -0.39 is 0 Å². The summed E-state index contributed by atoms with van der Waals surface area (Å²) >= 11 is 0. The quantitative estimate of drug-likeness (QED) is 0.581. The summed E-state index contributed by atoms with van der Waals surface area (Å²) in [5, 5.41) is 0. The van der Waals surface area contributed by atoms with Crippen LogP contribution in [0.25, 0.3) is 6.08 Å². The molecule has 2 nitrogen and oxygen atoms in total. The highest BCUT2D eigenvalue weighted by atomic mass is 16.5. The highest BCUT2D eigenvalue weighted by Gasteiger charge is 2.08. The Morgan fingerprint density at radius 1 is 1.33 bits per heavy atom. The van der Waals surface area contributed by atoms with Crippen LogP contribution in [-0.4, -0.2) is 11.6 Å². The van der Waals surface area contributed by atoms with Gasteiger partial charge in [0, 0.05) is 5.69 Å². The van der Waals surface area contributed by atoms with E-state index in [1.807, 2.05) is 26.0 Å². The Hall–Kier alpha value is -1.31. The second-order valence-corrected chi connectivity index (χ2v) is 3.12. The average molecular weight is 161 g/mol. The number of rotatable bonds is 0. The Bertz CT molecular complexity index is 342. The van der Waals surface area contributed by atoms with Crippen LogP contribution in [0.1, 0.15) is 18.3 Å². The fraction of sp³-hybridized carbons (Fsp3) is 0.300. The maximum Gasteiger partial charge on any atom is 0.145 e. The van der Waals surface area contributed by atoms with Gasteiger partial charge in [0.1, 0.15) is 18.1 Å². The van der Waals surface area contributed by atoms with E-state index >= 15 is 0 Å². The molecule has 0 atom stereocenters. The molecule has 2 heterocycles. The maximum absolute atomic E-state index is 5.46. The summed E-state index contributed by atoms with van der Waals surface area (Å²) in [6, 6.07) is 3.94. The van der Waals surface area contributed by atoms with Crippen LogP contribution < -0.4 is 4.74 Å². The molecule has 0 saturated heterocycles. The summed E-state index contributed by atoms with van der Waals surface area (Å²) in [6.07, 6.45) is 2.08. The molecule has 2 rings (SSSR count). The highest BCUT2D eigenvalue weighted by molar-refractivity contribution is 5.58. The molecule has 0 spiro atoms. The van der Waals surface area contributed by atoms with Crippen molar-refractivity contribution in [1.29, 1.82) is 0 Å². The number of ether oxygens (including phenoxy) is 1. The zero-order chi connectivity index (χ0) is 8.55. The van der Waals surface area contributed by atoms with Gasteiger partial charge in [-0.3, -0.25) is 0 Å². The fourth-order valence-electron chi connectivity index (χ4n) is 1.26. The Kier molecular flexibility index (Phi) is 1.61. The van der Waals surface area contributed by atoms with Crippen molar-refractivity contribution in [3.63, 3.8) is 0 Å². The number of aryl methyl sites for hydroxylation is 1. The normalized spacial score (nSPS) is 14.7. The monoisotopic (exact) mass is 161 g/mol. The highest BCUT2D eigenvalue weighted by Crippen LogP contribution is 2.23. The van der Waals surface area contributed by atoms with E-state index in [4.69, 9.17) is 4.74 Å². The summed E-state index contributed by atoms with van der Waals surface area (Å²) in [6.45, 7) is 4.72. The van der Waals surface area contributed by atoms with Gasteiger partial charge in [0.05, 0.1) is 0 Å². The van der Waals surface area contributed by atoms with Crippen LogP contribution >= 0.6 is 0 Å². The van der Waals surface area contributed by atoms with Gasteiger partial charge < -0.3 is 4.74 Å². The van der Waals surface area contributed by atoms with Crippen molar-refractivity contribution in [1.82, 2.24) is 4.98 Å². The number of nitrogens with zero attached hydrogens (tertiary/aromatic N) is 1. The third kappa shape index (κ3) is 1.20. The number of aromatic nitrogens is 1. The molecular formula is C10H11NO. The zero-order valence-electron chi connectivity index (χ0n) is 7.29. The minimum atomic E-state index is 0.692. The Balaban J connectivity index is 2.53. The van der Waals surface area contributed by atoms with Crippen molar-refractivity contribution in [3.8, 4) is 5.75 Å². The molecule has 12 heavy (non-hydrogen) atoms. The van der Waals surface area contributed by atoms with Gasteiger partial charge in [0.25, 0.3) is 0 Å². The van der Waals surface area contributed by atoms with E-state index in [2.05, 4.69) is 11.1 Å². The summed E-state index contributed by atoms with van der Waals surface area (Å²) in [7, 11) is 0. The zero-order valence-corrected chi connectivity index (χ0v) is 7.29. The van der Waals surface area contributed by atoms with Crippen LogP contribution in [0.3, 0.4) is 0 Å². The molecule has 1 aliphatic rings. The van der Waals surface area contributed by atoms with Gasteiger partial charge in [-0.05, 0) is 37.6 Å². The molecule has 0 amide bonds. The summed E-state index contributed by atoms with van der Waals surface area (Å²) in [5.74, 6) is 0.895. The smallest absolute Gasteiger partial charge is 0.145 e. The third-order valence-electron chi connectivity index (χ3n) is 1.86. The van der Waals surface area contributed by atoms with E-state index in [9.17, 15) is 0 Å². The molecule has 0 saturated carbocycles. The maximum atomic E-state index is 5.46. The first-order chi connectivity index (χ1) is 5.75. The third-order valence-corrected chi connectivity index (χ3v) is 1.86. The summed E-state index contributed by atoms with van der Waals surface area (Å²) in [5.41, 5.74) is 3.21. The lowest BCUT2D eigenvalue weighted by atomic mass is 10.2. The van der Waals surface area contributed by atoms with Gasteiger partial charge in [0.2, 0.25) is 0 Å². The van der Waals surface area contributed by atoms with Gasteiger partial charge in [-0.25, -0.2) is 4.98 Å². The van der Waals surface area contributed by atoms with Crippen molar-refractivity contribution < 1.29 is 4.74 Å². The molecule has 1 aromatic rings. The van der Waals surface area contributed by atoms with Crippen LogP contribution in [0, 0.1) is 6.92 Å². The average Bonchev–Trinajstić information content (AvgIpc) is 2.03. The van der Waals surface area contributed by atoms with Gasteiger partial charge in [-0.15, -0.1) is 0 Å². The Morgan fingerprint density at radius 2 is 2.17 bits per heavy atom. The van der Waals surface area contributed by atoms with Crippen molar-refractivity contribution >= 4 is 6.08 Å². The molecule has 0 N–H and O–H groups in total. The second kappa shape index (κ2) is 2.63. The van der Waals surface area contributed by atoms with E-state index in [1.165, 1.54) is 5.57 Å². The van der Waals surface area contributed by atoms with Crippen molar-refractivity contribution in [2.24, 2.45) is 0 Å². The van der Waals surface area contributed by atoms with E-state index in [0.717, 1.165) is 17.1 Å². The van der Waals surface area contributed by atoms with Crippen molar-refractivity contribution in [3.05, 3.63) is 29.1 Å². The molecule has 0 bridgehead atoms. The lowest BCUT2D eigenvalue weighted by Crippen LogP contribution is -2.06. The standard InChI is InChI=1S/C10H11NO/c1-7-5-9-10(12-6-7)4-3-8(2)11-9/h3-5H,6H2,1-2H3. The number of pyridine rings is 1. The predicted molar refractivity (Wildman–Crippen MR) is 48.1 cm³/mol. The minimum absolute atomic E-state index is 0.692. The lowest BCUT2D eigenvalue weighted by molar-refractivity contribution is 0.345. The van der Waals surface area contributed by atoms with Gasteiger partial charge >= 0.3 is 0 Å². The Morgan fingerprint density at radius 3 is 3.00 bits per heavy atom. The first-order valence-corrected chi connectivity index (χ1v) is 4.03. The van der Waals surface area contributed by atoms with Gasteiger partial charge in [-0.2, -0.15) is 0 Å². The van der Waals surface area contributed by atoms with Crippen molar-refractivity contribution in [2.75, 3.05) is 6.61 Å². The molecule has 62 valence electrons. The Labute approximate surface area is 71.9 Å². The predicted octanol–water partition coefficient (Wildman–Crippen LogP) is 2.19. The topological polar surface area (TPSA) is 22.1 Å². The number of hydrogen-bond acceptors (Lipinski definition) is 2. The molecule has 1 aliphatic heterocycles. The van der Waals surface area contributed by atoms with E-state index in [-0.39, 0.29) is 0 Å². The number of fused-ring (bicyclic) bond motifs is 1. The first kappa shape index (κ1) is 7.35. The van der Waals surface area contributed by atoms with Gasteiger partial charge in [-0.1, -0.05) is 0 Å². The molecule has 0 fully saturated rings. The first-order valence-electron chi connectivity index (χ1n) is 4.03.